The predicted octanol–water partition coefficient (Wildman–Crippen LogP) is 4.02. The van der Waals surface area contributed by atoms with Crippen molar-refractivity contribution in [3.63, 3.8) is 0 Å². The molecule has 0 radical (unpaired) electrons. The SMILES string of the molecule is O=C(CSc1ncc[nH]1)Nc1ccc(Cl)cc1C(=O)c1ccccc1. The highest BCUT2D eigenvalue weighted by Gasteiger charge is 2.16. The third-order valence-electron chi connectivity index (χ3n) is 3.35. The lowest BCUT2D eigenvalue weighted by molar-refractivity contribution is -0.113. The average Bonchev–Trinajstić information content (AvgIpc) is 3.15. The molecule has 1 amide bonds. The molecule has 3 aromatic rings. The summed E-state index contributed by atoms with van der Waals surface area (Å²) in [4.78, 5) is 31.9. The quantitative estimate of drug-likeness (QED) is 0.507. The zero-order chi connectivity index (χ0) is 17.6. The molecule has 0 aliphatic carbocycles. The standard InChI is InChI=1S/C18H14ClN3O2S/c19-13-6-7-15(22-16(23)11-25-18-20-8-9-21-18)14(10-13)17(24)12-4-2-1-3-5-12/h1-10H,11H2,(H,20,21)(H,22,23). The van der Waals surface area contributed by atoms with Gasteiger partial charge in [0, 0.05) is 28.5 Å². The van der Waals surface area contributed by atoms with Crippen molar-refractivity contribution in [1.82, 2.24) is 9.97 Å². The van der Waals surface area contributed by atoms with Gasteiger partial charge in [-0.3, -0.25) is 9.59 Å². The maximum absolute atomic E-state index is 12.7. The Labute approximate surface area is 153 Å². The highest BCUT2D eigenvalue weighted by Crippen LogP contribution is 2.24. The van der Waals surface area contributed by atoms with E-state index in [0.717, 1.165) is 0 Å². The number of hydrogen-bond acceptors (Lipinski definition) is 4. The summed E-state index contributed by atoms with van der Waals surface area (Å²) in [6, 6.07) is 13.7. The number of benzene rings is 2. The number of aromatic amines is 1. The second-order valence-corrected chi connectivity index (χ2v) is 6.52. The van der Waals surface area contributed by atoms with Crippen LogP contribution in [0.5, 0.6) is 0 Å². The van der Waals surface area contributed by atoms with Gasteiger partial charge in [0.15, 0.2) is 10.9 Å². The number of carbonyl (C=O) groups excluding carboxylic acids is 2. The lowest BCUT2D eigenvalue weighted by Crippen LogP contribution is -2.17. The molecule has 7 heteroatoms. The number of nitrogens with one attached hydrogen (secondary N) is 2. The molecule has 2 aromatic carbocycles. The molecule has 0 bridgehead atoms. The van der Waals surface area contributed by atoms with Crippen molar-refractivity contribution >= 4 is 40.7 Å². The van der Waals surface area contributed by atoms with Crippen molar-refractivity contribution in [1.29, 1.82) is 0 Å². The van der Waals surface area contributed by atoms with Crippen LogP contribution < -0.4 is 5.32 Å². The van der Waals surface area contributed by atoms with Crippen molar-refractivity contribution in [3.05, 3.63) is 77.1 Å². The maximum atomic E-state index is 12.7. The summed E-state index contributed by atoms with van der Waals surface area (Å²) in [6.45, 7) is 0. The average molecular weight is 372 g/mol. The van der Waals surface area contributed by atoms with Gasteiger partial charge in [0.2, 0.25) is 5.91 Å². The first-order valence-corrected chi connectivity index (χ1v) is 8.81. The monoisotopic (exact) mass is 371 g/mol. The number of rotatable bonds is 6. The molecular formula is C18H14ClN3O2S. The van der Waals surface area contributed by atoms with Crippen molar-refractivity contribution in [2.24, 2.45) is 0 Å². The Hall–Kier alpha value is -2.57. The highest BCUT2D eigenvalue weighted by atomic mass is 35.5. The molecule has 0 spiro atoms. The number of amides is 1. The van der Waals surface area contributed by atoms with Gasteiger partial charge in [0.1, 0.15) is 0 Å². The van der Waals surface area contributed by atoms with E-state index in [-0.39, 0.29) is 17.4 Å². The number of hydrogen-bond donors (Lipinski definition) is 2. The largest absolute Gasteiger partial charge is 0.340 e. The van der Waals surface area contributed by atoms with Crippen LogP contribution in [0.1, 0.15) is 15.9 Å². The third-order valence-corrected chi connectivity index (χ3v) is 4.49. The van der Waals surface area contributed by atoms with E-state index >= 15 is 0 Å². The summed E-state index contributed by atoms with van der Waals surface area (Å²) < 4.78 is 0. The normalized spacial score (nSPS) is 10.4. The number of halogens is 1. The third kappa shape index (κ3) is 4.49. The number of carbonyl (C=O) groups is 2. The number of thioether (sulfide) groups is 1. The molecule has 0 atom stereocenters. The number of anilines is 1. The minimum absolute atomic E-state index is 0.176. The smallest absolute Gasteiger partial charge is 0.234 e. The van der Waals surface area contributed by atoms with Gasteiger partial charge in [-0.05, 0) is 18.2 Å². The van der Waals surface area contributed by atoms with Crippen LogP contribution in [0.4, 0.5) is 5.69 Å². The van der Waals surface area contributed by atoms with Crippen LogP contribution >= 0.6 is 23.4 Å². The Balaban J connectivity index is 1.77. The summed E-state index contributed by atoms with van der Waals surface area (Å²) in [7, 11) is 0. The first-order valence-electron chi connectivity index (χ1n) is 7.45. The Morgan fingerprint density at radius 3 is 2.68 bits per heavy atom. The minimum Gasteiger partial charge on any atom is -0.340 e. The van der Waals surface area contributed by atoms with Crippen LogP contribution in [0.2, 0.25) is 5.02 Å². The molecule has 0 saturated carbocycles. The Kier molecular flexibility index (Phi) is 5.53. The molecule has 2 N–H and O–H groups in total. The van der Waals surface area contributed by atoms with Crippen LogP contribution in [0.15, 0.2) is 66.1 Å². The molecule has 5 nitrogen and oxygen atoms in total. The Morgan fingerprint density at radius 1 is 1.16 bits per heavy atom. The van der Waals surface area contributed by atoms with Crippen molar-refractivity contribution in [2.45, 2.75) is 5.16 Å². The van der Waals surface area contributed by atoms with E-state index in [1.807, 2.05) is 6.07 Å². The summed E-state index contributed by atoms with van der Waals surface area (Å²) in [5.41, 5.74) is 1.32. The summed E-state index contributed by atoms with van der Waals surface area (Å²) in [5.74, 6) is -0.252. The first kappa shape index (κ1) is 17.3. The van der Waals surface area contributed by atoms with Gasteiger partial charge in [-0.15, -0.1) is 0 Å². The van der Waals surface area contributed by atoms with Gasteiger partial charge in [-0.2, -0.15) is 0 Å². The molecule has 0 aliphatic heterocycles. The van der Waals surface area contributed by atoms with Crippen molar-refractivity contribution < 1.29 is 9.59 Å². The van der Waals surface area contributed by atoms with Crippen molar-refractivity contribution in [3.8, 4) is 0 Å². The van der Waals surface area contributed by atoms with E-state index in [4.69, 9.17) is 11.6 Å². The Morgan fingerprint density at radius 2 is 1.96 bits per heavy atom. The number of aromatic nitrogens is 2. The van der Waals surface area contributed by atoms with Crippen LogP contribution in [0.25, 0.3) is 0 Å². The van der Waals surface area contributed by atoms with E-state index < -0.39 is 0 Å². The number of nitrogens with zero attached hydrogens (tertiary/aromatic N) is 1. The zero-order valence-electron chi connectivity index (χ0n) is 13.0. The molecule has 0 unspecified atom stereocenters. The van der Waals surface area contributed by atoms with Crippen LogP contribution in [-0.4, -0.2) is 27.4 Å². The molecule has 0 aliphatic rings. The molecule has 1 aromatic heterocycles. The topological polar surface area (TPSA) is 74.8 Å². The second-order valence-electron chi connectivity index (χ2n) is 5.12. The minimum atomic E-state index is -0.231. The maximum Gasteiger partial charge on any atom is 0.234 e. The van der Waals surface area contributed by atoms with E-state index in [0.29, 0.717) is 27.0 Å². The van der Waals surface area contributed by atoms with Gasteiger partial charge in [-0.1, -0.05) is 53.7 Å². The van der Waals surface area contributed by atoms with Crippen LogP contribution in [0.3, 0.4) is 0 Å². The molecule has 126 valence electrons. The van der Waals surface area contributed by atoms with E-state index in [9.17, 15) is 9.59 Å². The first-order chi connectivity index (χ1) is 12.1. The van der Waals surface area contributed by atoms with Gasteiger partial charge in [0.25, 0.3) is 0 Å². The number of ketones is 1. The molecule has 0 fully saturated rings. The van der Waals surface area contributed by atoms with E-state index in [1.54, 1.807) is 54.9 Å². The summed E-state index contributed by atoms with van der Waals surface area (Å²) >= 11 is 7.31. The lowest BCUT2D eigenvalue weighted by atomic mass is 10.0. The molecule has 3 rings (SSSR count). The lowest BCUT2D eigenvalue weighted by Gasteiger charge is -2.11. The predicted molar refractivity (Wildman–Crippen MR) is 99.3 cm³/mol. The number of imidazole rings is 1. The fraction of sp³-hybridized carbons (Fsp3) is 0.0556. The zero-order valence-corrected chi connectivity index (χ0v) is 14.6. The molecule has 1 heterocycles. The van der Waals surface area contributed by atoms with Crippen molar-refractivity contribution in [2.75, 3.05) is 11.1 Å². The molecule has 25 heavy (non-hydrogen) atoms. The van der Waals surface area contributed by atoms with Crippen LogP contribution in [0, 0.1) is 0 Å². The van der Waals surface area contributed by atoms with Gasteiger partial charge in [0.05, 0.1) is 11.4 Å². The van der Waals surface area contributed by atoms with E-state index in [1.165, 1.54) is 11.8 Å². The summed E-state index contributed by atoms with van der Waals surface area (Å²) in [5, 5.41) is 3.86. The van der Waals surface area contributed by atoms with Crippen LogP contribution in [-0.2, 0) is 4.79 Å². The van der Waals surface area contributed by atoms with Gasteiger partial charge in [-0.25, -0.2) is 4.98 Å². The molecular weight excluding hydrogens is 358 g/mol. The Bertz CT molecular complexity index is 883. The fourth-order valence-corrected chi connectivity index (χ4v) is 3.01. The summed E-state index contributed by atoms with van der Waals surface area (Å²) in [6.07, 6.45) is 3.31. The van der Waals surface area contributed by atoms with Gasteiger partial charge >= 0.3 is 0 Å². The second kappa shape index (κ2) is 8.00. The molecule has 0 saturated heterocycles. The highest BCUT2D eigenvalue weighted by molar-refractivity contribution is 7.99. The number of H-pyrrole nitrogens is 1. The van der Waals surface area contributed by atoms with Gasteiger partial charge < -0.3 is 10.3 Å². The van der Waals surface area contributed by atoms with E-state index in [2.05, 4.69) is 15.3 Å². The fourth-order valence-electron chi connectivity index (χ4n) is 2.21.